The van der Waals surface area contributed by atoms with Crippen LogP contribution >= 0.6 is 12.4 Å². The van der Waals surface area contributed by atoms with Gasteiger partial charge in [-0.25, -0.2) is 4.79 Å². The van der Waals surface area contributed by atoms with E-state index in [0.29, 0.717) is 26.1 Å². The highest BCUT2D eigenvalue weighted by Crippen LogP contribution is 2.38. The van der Waals surface area contributed by atoms with Gasteiger partial charge in [0.1, 0.15) is 0 Å². The summed E-state index contributed by atoms with van der Waals surface area (Å²) in [6, 6.07) is 7.33. The van der Waals surface area contributed by atoms with Gasteiger partial charge in [-0.05, 0) is 49.1 Å². The lowest BCUT2D eigenvalue weighted by Crippen LogP contribution is -2.36. The first-order valence-corrected chi connectivity index (χ1v) is 8.77. The third-order valence-corrected chi connectivity index (χ3v) is 5.20. The molecule has 0 atom stereocenters. The standard InChI is InChI=1S/C18H26N4O2.ClH/c19-13-18(8-2-1-3-9-18)12-16(23)21-14-4-6-15(7-5-14)22-11-10-20-17(22)24;/h4-7H,1-3,8-13,19H2,(H,20,24)(H,21,23);1H. The van der Waals surface area contributed by atoms with Crippen LogP contribution in [0.25, 0.3) is 0 Å². The van der Waals surface area contributed by atoms with E-state index in [-0.39, 0.29) is 29.8 Å². The lowest BCUT2D eigenvalue weighted by atomic mass is 9.71. The molecule has 1 saturated heterocycles. The molecule has 1 aliphatic heterocycles. The zero-order chi connectivity index (χ0) is 17.0. The Kier molecular flexibility index (Phi) is 6.67. The van der Waals surface area contributed by atoms with Crippen molar-refractivity contribution in [1.29, 1.82) is 0 Å². The van der Waals surface area contributed by atoms with Gasteiger partial charge in [0.2, 0.25) is 5.91 Å². The van der Waals surface area contributed by atoms with Crippen LogP contribution in [0.5, 0.6) is 0 Å². The first-order chi connectivity index (χ1) is 11.6. The molecule has 1 heterocycles. The van der Waals surface area contributed by atoms with E-state index < -0.39 is 0 Å². The molecule has 1 aromatic rings. The molecule has 0 spiro atoms. The molecule has 2 fully saturated rings. The maximum absolute atomic E-state index is 12.4. The minimum atomic E-state index is -0.0750. The van der Waals surface area contributed by atoms with E-state index >= 15 is 0 Å². The lowest BCUT2D eigenvalue weighted by Gasteiger charge is -2.35. The molecule has 2 aliphatic rings. The number of nitrogens with one attached hydrogen (secondary N) is 2. The molecule has 0 radical (unpaired) electrons. The van der Waals surface area contributed by atoms with E-state index in [0.717, 1.165) is 37.1 Å². The maximum atomic E-state index is 12.4. The molecular formula is C18H27ClN4O2. The number of anilines is 2. The van der Waals surface area contributed by atoms with Gasteiger partial charge < -0.3 is 16.4 Å². The number of benzene rings is 1. The normalized spacial score (nSPS) is 19.1. The second-order valence-electron chi connectivity index (χ2n) is 6.92. The molecule has 138 valence electrons. The van der Waals surface area contributed by atoms with Crippen molar-refractivity contribution in [3.05, 3.63) is 24.3 Å². The average molecular weight is 367 g/mol. The number of amides is 3. The molecular weight excluding hydrogens is 340 g/mol. The summed E-state index contributed by atoms with van der Waals surface area (Å²) in [5, 5.41) is 5.74. The summed E-state index contributed by atoms with van der Waals surface area (Å²) < 4.78 is 0. The van der Waals surface area contributed by atoms with Gasteiger partial charge in [-0.15, -0.1) is 12.4 Å². The molecule has 1 saturated carbocycles. The molecule has 3 rings (SSSR count). The predicted molar refractivity (Wildman–Crippen MR) is 102 cm³/mol. The van der Waals surface area contributed by atoms with E-state index in [2.05, 4.69) is 10.6 Å². The van der Waals surface area contributed by atoms with Crippen LogP contribution < -0.4 is 21.3 Å². The third-order valence-electron chi connectivity index (χ3n) is 5.20. The predicted octanol–water partition coefficient (Wildman–Crippen LogP) is 2.88. The first-order valence-electron chi connectivity index (χ1n) is 8.77. The Morgan fingerprint density at radius 1 is 1.20 bits per heavy atom. The molecule has 1 aliphatic carbocycles. The molecule has 3 amide bonds. The number of hydrogen-bond donors (Lipinski definition) is 3. The van der Waals surface area contributed by atoms with Gasteiger partial charge in [-0.2, -0.15) is 0 Å². The largest absolute Gasteiger partial charge is 0.336 e. The summed E-state index contributed by atoms with van der Waals surface area (Å²) >= 11 is 0. The Morgan fingerprint density at radius 3 is 2.44 bits per heavy atom. The van der Waals surface area contributed by atoms with Gasteiger partial charge in [0.25, 0.3) is 0 Å². The SMILES string of the molecule is Cl.NCC1(CC(=O)Nc2ccc(N3CCNC3=O)cc2)CCCCC1. The van der Waals surface area contributed by atoms with Crippen molar-refractivity contribution in [3.63, 3.8) is 0 Å². The molecule has 0 unspecified atom stereocenters. The Labute approximate surface area is 154 Å². The van der Waals surface area contributed by atoms with Gasteiger partial charge in [-0.1, -0.05) is 19.3 Å². The molecule has 1 aromatic carbocycles. The molecule has 4 N–H and O–H groups in total. The topological polar surface area (TPSA) is 87.5 Å². The van der Waals surface area contributed by atoms with Gasteiger partial charge >= 0.3 is 6.03 Å². The summed E-state index contributed by atoms with van der Waals surface area (Å²) in [4.78, 5) is 25.7. The molecule has 0 bridgehead atoms. The Hall–Kier alpha value is -1.79. The fourth-order valence-corrected chi connectivity index (χ4v) is 3.74. The average Bonchev–Trinajstić information content (AvgIpc) is 3.02. The quantitative estimate of drug-likeness (QED) is 0.748. The van der Waals surface area contributed by atoms with Crippen molar-refractivity contribution in [3.8, 4) is 0 Å². The highest BCUT2D eigenvalue weighted by molar-refractivity contribution is 5.95. The fourth-order valence-electron chi connectivity index (χ4n) is 3.74. The van der Waals surface area contributed by atoms with Crippen LogP contribution in [-0.2, 0) is 4.79 Å². The van der Waals surface area contributed by atoms with Crippen LogP contribution in [0.3, 0.4) is 0 Å². The molecule has 6 nitrogen and oxygen atoms in total. The van der Waals surface area contributed by atoms with Gasteiger partial charge in [0.05, 0.1) is 0 Å². The van der Waals surface area contributed by atoms with Crippen molar-refractivity contribution in [2.24, 2.45) is 11.1 Å². The number of nitrogens with zero attached hydrogens (tertiary/aromatic N) is 1. The van der Waals surface area contributed by atoms with Crippen LogP contribution in [-0.4, -0.2) is 31.6 Å². The minimum Gasteiger partial charge on any atom is -0.336 e. The van der Waals surface area contributed by atoms with Gasteiger partial charge in [0.15, 0.2) is 0 Å². The third kappa shape index (κ3) is 4.64. The van der Waals surface area contributed by atoms with Crippen molar-refractivity contribution < 1.29 is 9.59 Å². The smallest absolute Gasteiger partial charge is 0.321 e. The van der Waals surface area contributed by atoms with Crippen molar-refractivity contribution in [1.82, 2.24) is 5.32 Å². The Balaban J connectivity index is 0.00000225. The number of hydrogen-bond acceptors (Lipinski definition) is 3. The number of halogens is 1. The van der Waals surface area contributed by atoms with E-state index in [1.807, 2.05) is 24.3 Å². The van der Waals surface area contributed by atoms with Crippen LogP contribution in [0.1, 0.15) is 38.5 Å². The van der Waals surface area contributed by atoms with E-state index in [4.69, 9.17) is 5.73 Å². The summed E-state index contributed by atoms with van der Waals surface area (Å²) in [6.07, 6.45) is 6.14. The highest BCUT2D eigenvalue weighted by atomic mass is 35.5. The summed E-state index contributed by atoms with van der Waals surface area (Å²) in [5.74, 6) is 0.0222. The van der Waals surface area contributed by atoms with Crippen molar-refractivity contribution in [2.75, 3.05) is 29.9 Å². The van der Waals surface area contributed by atoms with Crippen molar-refractivity contribution in [2.45, 2.75) is 38.5 Å². The van der Waals surface area contributed by atoms with E-state index in [1.54, 1.807) is 4.90 Å². The van der Waals surface area contributed by atoms with E-state index in [1.165, 1.54) is 6.42 Å². The Bertz CT molecular complexity index is 600. The number of urea groups is 1. The van der Waals surface area contributed by atoms with Crippen LogP contribution in [0.2, 0.25) is 0 Å². The second-order valence-corrected chi connectivity index (χ2v) is 6.92. The van der Waals surface area contributed by atoms with Crippen LogP contribution in [0.4, 0.5) is 16.2 Å². The fraction of sp³-hybridized carbons (Fsp3) is 0.556. The first kappa shape index (κ1) is 19.5. The molecule has 7 heteroatoms. The summed E-state index contributed by atoms with van der Waals surface area (Å²) in [6.45, 7) is 1.91. The molecule has 25 heavy (non-hydrogen) atoms. The van der Waals surface area contributed by atoms with E-state index in [9.17, 15) is 9.59 Å². The van der Waals surface area contributed by atoms with Gasteiger partial charge in [-0.3, -0.25) is 9.69 Å². The number of nitrogens with two attached hydrogens (primary N) is 1. The number of carbonyl (C=O) groups excluding carboxylic acids is 2. The maximum Gasteiger partial charge on any atom is 0.321 e. The number of rotatable bonds is 5. The minimum absolute atomic E-state index is 0. The van der Waals surface area contributed by atoms with Crippen LogP contribution in [0.15, 0.2) is 24.3 Å². The highest BCUT2D eigenvalue weighted by Gasteiger charge is 2.33. The monoisotopic (exact) mass is 366 g/mol. The summed E-state index contributed by atoms with van der Waals surface area (Å²) in [5.41, 5.74) is 7.52. The lowest BCUT2D eigenvalue weighted by molar-refractivity contribution is -0.118. The number of carbonyl (C=O) groups is 2. The van der Waals surface area contributed by atoms with Crippen molar-refractivity contribution >= 4 is 35.7 Å². The summed E-state index contributed by atoms with van der Waals surface area (Å²) in [7, 11) is 0. The second kappa shape index (κ2) is 8.54. The Morgan fingerprint density at radius 2 is 1.88 bits per heavy atom. The zero-order valence-corrected chi connectivity index (χ0v) is 15.2. The van der Waals surface area contributed by atoms with Gasteiger partial charge in [0, 0.05) is 30.9 Å². The molecule has 0 aromatic heterocycles. The van der Waals surface area contributed by atoms with Crippen LogP contribution in [0, 0.1) is 5.41 Å². The zero-order valence-electron chi connectivity index (χ0n) is 14.4.